The van der Waals surface area contributed by atoms with Crippen molar-refractivity contribution >= 4 is 33.0 Å². The second-order valence-corrected chi connectivity index (χ2v) is 9.75. The van der Waals surface area contributed by atoms with E-state index in [1.54, 1.807) is 46.7 Å². The third-order valence-electron chi connectivity index (χ3n) is 4.19. The van der Waals surface area contributed by atoms with Crippen molar-refractivity contribution < 1.29 is 13.2 Å². The molecular formula is C19H26N2O3S2. The Morgan fingerprint density at radius 3 is 2.35 bits per heavy atom. The van der Waals surface area contributed by atoms with Crippen LogP contribution in [0.4, 0.5) is 5.69 Å². The van der Waals surface area contributed by atoms with Crippen molar-refractivity contribution in [3.63, 3.8) is 0 Å². The molecule has 0 radical (unpaired) electrons. The van der Waals surface area contributed by atoms with Gasteiger partial charge in [0.1, 0.15) is 4.21 Å². The zero-order valence-electron chi connectivity index (χ0n) is 15.6. The Labute approximate surface area is 160 Å². The summed E-state index contributed by atoms with van der Waals surface area (Å²) in [7, 11) is -1.72. The molecule has 2 aromatic rings. The number of likely N-dealkylation sites (N-methyl/N-ethyl adjacent to an activating group) is 1. The Morgan fingerprint density at radius 2 is 1.81 bits per heavy atom. The summed E-state index contributed by atoms with van der Waals surface area (Å²) in [6.07, 6.45) is 1.27. The van der Waals surface area contributed by atoms with Crippen LogP contribution in [0.1, 0.15) is 32.8 Å². The third kappa shape index (κ3) is 5.57. The van der Waals surface area contributed by atoms with Gasteiger partial charge in [-0.1, -0.05) is 32.0 Å². The molecule has 0 aliphatic heterocycles. The summed E-state index contributed by atoms with van der Waals surface area (Å²) in [5.41, 5.74) is 1.34. The molecular weight excluding hydrogens is 368 g/mol. The summed E-state index contributed by atoms with van der Waals surface area (Å²) >= 11 is 1.17. The highest BCUT2D eigenvalue weighted by Crippen LogP contribution is 2.21. The first-order chi connectivity index (χ1) is 12.2. The molecule has 1 heterocycles. The highest BCUT2D eigenvalue weighted by molar-refractivity contribution is 7.94. The first kappa shape index (κ1) is 20.5. The highest BCUT2D eigenvalue weighted by Gasteiger charge is 2.18. The first-order valence-corrected chi connectivity index (χ1v) is 11.0. The van der Waals surface area contributed by atoms with Gasteiger partial charge >= 0.3 is 0 Å². The highest BCUT2D eigenvalue weighted by atomic mass is 32.2. The van der Waals surface area contributed by atoms with Crippen LogP contribution in [0.2, 0.25) is 0 Å². The molecule has 1 aromatic heterocycles. The van der Waals surface area contributed by atoms with Gasteiger partial charge < -0.3 is 4.90 Å². The monoisotopic (exact) mass is 394 g/mol. The Bertz CT molecular complexity index is 813. The van der Waals surface area contributed by atoms with Crippen molar-refractivity contribution in [3.05, 3.63) is 47.3 Å². The van der Waals surface area contributed by atoms with E-state index in [9.17, 15) is 13.2 Å². The fourth-order valence-electron chi connectivity index (χ4n) is 2.70. The van der Waals surface area contributed by atoms with E-state index in [2.05, 4.69) is 25.5 Å². The average molecular weight is 395 g/mol. The third-order valence-corrected chi connectivity index (χ3v) is 6.97. The van der Waals surface area contributed by atoms with Crippen molar-refractivity contribution in [2.45, 2.75) is 43.9 Å². The van der Waals surface area contributed by atoms with Crippen LogP contribution in [-0.2, 0) is 21.2 Å². The van der Waals surface area contributed by atoms with E-state index < -0.39 is 10.0 Å². The number of sulfonamides is 1. The van der Waals surface area contributed by atoms with Gasteiger partial charge in [0.15, 0.2) is 0 Å². The summed E-state index contributed by atoms with van der Waals surface area (Å²) in [6, 6.07) is 10.4. The lowest BCUT2D eigenvalue weighted by atomic mass is 10.0. The normalized spacial score (nSPS) is 12.8. The maximum atomic E-state index is 12.4. The van der Waals surface area contributed by atoms with E-state index in [1.807, 2.05) is 7.05 Å². The summed E-state index contributed by atoms with van der Waals surface area (Å²) in [6.45, 7) is 6.34. The summed E-state index contributed by atoms with van der Waals surface area (Å²) < 4.78 is 27.3. The van der Waals surface area contributed by atoms with Crippen LogP contribution >= 0.6 is 11.3 Å². The molecule has 2 rings (SSSR count). The molecule has 1 amide bonds. The number of anilines is 1. The van der Waals surface area contributed by atoms with Crippen LogP contribution in [0.15, 0.2) is 46.0 Å². The lowest BCUT2D eigenvalue weighted by Crippen LogP contribution is -2.36. The first-order valence-electron chi connectivity index (χ1n) is 8.60. The fraction of sp³-hybridized carbons (Fsp3) is 0.421. The van der Waals surface area contributed by atoms with E-state index in [-0.39, 0.29) is 16.2 Å². The molecule has 0 aliphatic rings. The molecule has 0 bridgehead atoms. The topological polar surface area (TPSA) is 66.5 Å². The summed E-state index contributed by atoms with van der Waals surface area (Å²) in [4.78, 5) is 14.2. The molecule has 7 heteroatoms. The number of hydrogen-bond donors (Lipinski definition) is 1. The largest absolute Gasteiger partial charge is 0.343 e. The molecule has 1 atom stereocenters. The fourth-order valence-corrected chi connectivity index (χ4v) is 4.75. The molecule has 0 saturated carbocycles. The molecule has 0 fully saturated rings. The predicted molar refractivity (Wildman–Crippen MR) is 107 cm³/mol. The van der Waals surface area contributed by atoms with E-state index in [1.165, 1.54) is 11.3 Å². The number of hydrogen-bond acceptors (Lipinski definition) is 4. The molecule has 1 unspecified atom stereocenters. The lowest BCUT2D eigenvalue weighted by molar-refractivity contribution is -0.131. The van der Waals surface area contributed by atoms with Gasteiger partial charge in [0.05, 0.1) is 6.42 Å². The van der Waals surface area contributed by atoms with E-state index in [0.29, 0.717) is 18.0 Å². The Kier molecular flexibility index (Phi) is 6.83. The number of thiophene rings is 1. The quantitative estimate of drug-likeness (QED) is 0.736. The Morgan fingerprint density at radius 1 is 1.15 bits per heavy atom. The number of carbonyl (C=O) groups excluding carboxylic acids is 1. The van der Waals surface area contributed by atoms with Crippen LogP contribution < -0.4 is 4.72 Å². The van der Waals surface area contributed by atoms with E-state index >= 15 is 0 Å². The van der Waals surface area contributed by atoms with Gasteiger partial charge in [-0.05, 0) is 48.4 Å². The Hall–Kier alpha value is -1.86. The van der Waals surface area contributed by atoms with Gasteiger partial charge in [-0.15, -0.1) is 11.3 Å². The molecule has 0 spiro atoms. The number of rotatable bonds is 8. The molecule has 1 aromatic carbocycles. The van der Waals surface area contributed by atoms with Gasteiger partial charge in [0.2, 0.25) is 5.91 Å². The zero-order chi connectivity index (χ0) is 19.3. The minimum atomic E-state index is -3.55. The molecule has 26 heavy (non-hydrogen) atoms. The lowest BCUT2D eigenvalue weighted by Gasteiger charge is -2.26. The predicted octanol–water partition coefficient (Wildman–Crippen LogP) is 3.98. The van der Waals surface area contributed by atoms with Gasteiger partial charge in [-0.25, -0.2) is 8.42 Å². The molecule has 142 valence electrons. The smallest absolute Gasteiger partial charge is 0.271 e. The molecule has 0 aliphatic carbocycles. The maximum Gasteiger partial charge on any atom is 0.271 e. The van der Waals surface area contributed by atoms with Crippen molar-refractivity contribution in [3.8, 4) is 0 Å². The summed E-state index contributed by atoms with van der Waals surface area (Å²) in [5, 5.41) is 1.72. The number of carbonyl (C=O) groups is 1. The molecule has 1 N–H and O–H groups in total. The van der Waals surface area contributed by atoms with E-state index in [0.717, 1.165) is 12.0 Å². The second-order valence-electron chi connectivity index (χ2n) is 6.89. The standard InChI is InChI=1S/C19H26N2O3S2/c1-14(2)12-15(3)21(4)18(22)13-16-7-9-17(10-8-16)20-26(23,24)19-6-5-11-25-19/h5-11,14-15,20H,12-13H2,1-4H3. The SMILES string of the molecule is CC(C)CC(C)N(C)C(=O)Cc1ccc(NS(=O)(=O)c2cccs2)cc1. The zero-order valence-corrected chi connectivity index (χ0v) is 17.2. The number of nitrogens with zero attached hydrogens (tertiary/aromatic N) is 1. The van der Waals surface area contributed by atoms with Crippen LogP contribution in [0.5, 0.6) is 0 Å². The van der Waals surface area contributed by atoms with Crippen molar-refractivity contribution in [2.75, 3.05) is 11.8 Å². The van der Waals surface area contributed by atoms with Gasteiger partial charge in [0, 0.05) is 18.8 Å². The van der Waals surface area contributed by atoms with Crippen LogP contribution in [0, 0.1) is 5.92 Å². The second kappa shape index (κ2) is 8.68. The minimum Gasteiger partial charge on any atom is -0.343 e. The van der Waals surface area contributed by atoms with Crippen LogP contribution in [0.3, 0.4) is 0 Å². The minimum absolute atomic E-state index is 0.0602. The Balaban J connectivity index is 1.98. The number of amides is 1. The molecule has 0 saturated heterocycles. The van der Waals surface area contributed by atoms with Gasteiger partial charge in [-0.2, -0.15) is 0 Å². The van der Waals surface area contributed by atoms with Crippen molar-refractivity contribution in [1.29, 1.82) is 0 Å². The van der Waals surface area contributed by atoms with Gasteiger partial charge in [0.25, 0.3) is 10.0 Å². The van der Waals surface area contributed by atoms with Crippen molar-refractivity contribution in [1.82, 2.24) is 4.90 Å². The average Bonchev–Trinajstić information content (AvgIpc) is 3.10. The van der Waals surface area contributed by atoms with Gasteiger partial charge in [-0.3, -0.25) is 9.52 Å². The number of nitrogens with one attached hydrogen (secondary N) is 1. The summed E-state index contributed by atoms with van der Waals surface area (Å²) in [5.74, 6) is 0.598. The maximum absolute atomic E-state index is 12.4. The van der Waals surface area contributed by atoms with Crippen molar-refractivity contribution in [2.24, 2.45) is 5.92 Å². The van der Waals surface area contributed by atoms with Crippen LogP contribution in [0.25, 0.3) is 0 Å². The molecule has 5 nitrogen and oxygen atoms in total. The van der Waals surface area contributed by atoms with E-state index in [4.69, 9.17) is 0 Å². The van der Waals surface area contributed by atoms with Crippen LogP contribution in [-0.4, -0.2) is 32.3 Å². The number of benzene rings is 1.